The number of benzene rings is 1. The van der Waals surface area contributed by atoms with Crippen molar-refractivity contribution < 1.29 is 18.7 Å². The molecule has 0 aliphatic rings. The molecule has 1 aromatic rings. The fourth-order valence-electron chi connectivity index (χ4n) is 1.60. The van der Waals surface area contributed by atoms with Gasteiger partial charge in [0.1, 0.15) is 17.3 Å². The van der Waals surface area contributed by atoms with E-state index in [1.807, 2.05) is 6.92 Å². The largest absolute Gasteiger partial charge is 0.395 e. The lowest BCUT2D eigenvalue weighted by Gasteiger charge is -2.21. The third-order valence-electron chi connectivity index (χ3n) is 2.48. The van der Waals surface area contributed by atoms with Gasteiger partial charge < -0.3 is 15.7 Å². The summed E-state index contributed by atoms with van der Waals surface area (Å²) in [5, 5.41) is 8.85. The van der Waals surface area contributed by atoms with Crippen LogP contribution in [0.3, 0.4) is 0 Å². The lowest BCUT2D eigenvalue weighted by Crippen LogP contribution is -2.34. The monoisotopic (exact) mass is 258 g/mol. The predicted octanol–water partition coefficient (Wildman–Crippen LogP) is 1.39. The van der Waals surface area contributed by atoms with Gasteiger partial charge in [-0.15, -0.1) is 0 Å². The topological polar surface area (TPSA) is 66.6 Å². The van der Waals surface area contributed by atoms with Crippen LogP contribution >= 0.6 is 0 Å². The van der Waals surface area contributed by atoms with E-state index in [4.69, 9.17) is 10.8 Å². The van der Waals surface area contributed by atoms with E-state index in [9.17, 15) is 13.6 Å². The summed E-state index contributed by atoms with van der Waals surface area (Å²) in [5.74, 6) is -2.44. The van der Waals surface area contributed by atoms with Crippen molar-refractivity contribution in [1.29, 1.82) is 0 Å². The molecule has 100 valence electrons. The van der Waals surface area contributed by atoms with Gasteiger partial charge in [0.05, 0.1) is 6.61 Å². The number of aliphatic hydroxyl groups excluding tert-OH is 1. The lowest BCUT2D eigenvalue weighted by molar-refractivity contribution is 0.0721. The standard InChI is InChI=1S/C12H16F2N2O2/c1-2-3-16(4-5-17)12(18)8-6-9(13)11(15)10(14)7-8/h6-7,17H,2-5,15H2,1H3. The number of nitrogens with zero attached hydrogens (tertiary/aromatic N) is 1. The van der Waals surface area contributed by atoms with Crippen LogP contribution in [-0.2, 0) is 0 Å². The molecule has 1 aromatic carbocycles. The zero-order chi connectivity index (χ0) is 13.7. The number of carbonyl (C=O) groups excluding carboxylic acids is 1. The first-order chi connectivity index (χ1) is 8.51. The van der Waals surface area contributed by atoms with Crippen molar-refractivity contribution >= 4 is 11.6 Å². The maximum atomic E-state index is 13.3. The number of aliphatic hydroxyl groups is 1. The molecule has 0 aliphatic carbocycles. The van der Waals surface area contributed by atoms with Crippen molar-refractivity contribution in [2.75, 3.05) is 25.4 Å². The van der Waals surface area contributed by atoms with Gasteiger partial charge in [-0.05, 0) is 18.6 Å². The fraction of sp³-hybridized carbons (Fsp3) is 0.417. The molecule has 0 saturated carbocycles. The van der Waals surface area contributed by atoms with Crippen LogP contribution in [0.25, 0.3) is 0 Å². The first-order valence-corrected chi connectivity index (χ1v) is 5.65. The van der Waals surface area contributed by atoms with Crippen molar-refractivity contribution in [3.05, 3.63) is 29.3 Å². The average molecular weight is 258 g/mol. The number of halogens is 2. The van der Waals surface area contributed by atoms with Crippen LogP contribution in [-0.4, -0.2) is 35.6 Å². The first kappa shape index (κ1) is 14.4. The maximum Gasteiger partial charge on any atom is 0.254 e. The second-order valence-corrected chi connectivity index (χ2v) is 3.87. The number of nitrogens with two attached hydrogens (primary N) is 1. The number of nitrogen functional groups attached to an aromatic ring is 1. The van der Waals surface area contributed by atoms with Crippen LogP contribution < -0.4 is 5.73 Å². The molecule has 3 N–H and O–H groups in total. The number of anilines is 1. The Labute approximate surface area is 104 Å². The molecule has 0 aromatic heterocycles. The Bertz CT molecular complexity index is 409. The summed E-state index contributed by atoms with van der Waals surface area (Å²) in [7, 11) is 0. The molecule has 6 heteroatoms. The molecule has 18 heavy (non-hydrogen) atoms. The summed E-state index contributed by atoms with van der Waals surface area (Å²) < 4.78 is 26.5. The quantitative estimate of drug-likeness (QED) is 0.784. The highest BCUT2D eigenvalue weighted by atomic mass is 19.1. The van der Waals surface area contributed by atoms with E-state index < -0.39 is 23.2 Å². The molecule has 1 amide bonds. The molecule has 0 heterocycles. The van der Waals surface area contributed by atoms with E-state index in [1.54, 1.807) is 0 Å². The summed E-state index contributed by atoms with van der Waals surface area (Å²) in [6.07, 6.45) is 0.686. The average Bonchev–Trinajstić information content (AvgIpc) is 2.34. The molecule has 0 fully saturated rings. The molecule has 0 bridgehead atoms. The van der Waals surface area contributed by atoms with Gasteiger partial charge in [0.15, 0.2) is 0 Å². The highest BCUT2D eigenvalue weighted by Crippen LogP contribution is 2.18. The van der Waals surface area contributed by atoms with Crippen LogP contribution in [0.4, 0.5) is 14.5 Å². The van der Waals surface area contributed by atoms with Crippen LogP contribution in [0.5, 0.6) is 0 Å². The van der Waals surface area contributed by atoms with Crippen LogP contribution in [0.1, 0.15) is 23.7 Å². The SMILES string of the molecule is CCCN(CCO)C(=O)c1cc(F)c(N)c(F)c1. The molecule has 0 saturated heterocycles. The summed E-state index contributed by atoms with van der Waals surface area (Å²) in [6.45, 7) is 2.20. The van der Waals surface area contributed by atoms with Crippen molar-refractivity contribution in [3.8, 4) is 0 Å². The molecular formula is C12H16F2N2O2. The molecule has 0 unspecified atom stereocenters. The number of rotatable bonds is 5. The molecule has 1 rings (SSSR count). The summed E-state index contributed by atoms with van der Waals surface area (Å²) >= 11 is 0. The lowest BCUT2D eigenvalue weighted by atomic mass is 10.1. The molecule has 0 aliphatic heterocycles. The second kappa shape index (κ2) is 6.30. The van der Waals surface area contributed by atoms with E-state index in [0.29, 0.717) is 13.0 Å². The van der Waals surface area contributed by atoms with E-state index in [-0.39, 0.29) is 18.7 Å². The van der Waals surface area contributed by atoms with E-state index in [1.165, 1.54) is 4.90 Å². The maximum absolute atomic E-state index is 13.3. The molecule has 4 nitrogen and oxygen atoms in total. The fourth-order valence-corrected chi connectivity index (χ4v) is 1.60. The number of hydrogen-bond donors (Lipinski definition) is 2. The molecular weight excluding hydrogens is 242 g/mol. The van der Waals surface area contributed by atoms with Gasteiger partial charge in [-0.1, -0.05) is 6.92 Å². The van der Waals surface area contributed by atoms with Crippen molar-refractivity contribution in [2.24, 2.45) is 0 Å². The highest BCUT2D eigenvalue weighted by Gasteiger charge is 2.18. The zero-order valence-corrected chi connectivity index (χ0v) is 10.1. The van der Waals surface area contributed by atoms with E-state index in [0.717, 1.165) is 12.1 Å². The van der Waals surface area contributed by atoms with Gasteiger partial charge in [0, 0.05) is 18.7 Å². The van der Waals surface area contributed by atoms with Gasteiger partial charge >= 0.3 is 0 Å². The Morgan fingerprint density at radius 3 is 2.33 bits per heavy atom. The third kappa shape index (κ3) is 3.16. The third-order valence-corrected chi connectivity index (χ3v) is 2.48. The van der Waals surface area contributed by atoms with Gasteiger partial charge in [0.25, 0.3) is 5.91 Å². The smallest absolute Gasteiger partial charge is 0.254 e. The van der Waals surface area contributed by atoms with Gasteiger partial charge in [-0.2, -0.15) is 0 Å². The second-order valence-electron chi connectivity index (χ2n) is 3.87. The number of hydrogen-bond acceptors (Lipinski definition) is 3. The van der Waals surface area contributed by atoms with Gasteiger partial charge in [-0.25, -0.2) is 8.78 Å². The van der Waals surface area contributed by atoms with Crippen LogP contribution in [0, 0.1) is 11.6 Å². The van der Waals surface area contributed by atoms with E-state index >= 15 is 0 Å². The minimum Gasteiger partial charge on any atom is -0.395 e. The minimum atomic E-state index is -0.959. The van der Waals surface area contributed by atoms with Gasteiger partial charge in [-0.3, -0.25) is 4.79 Å². The molecule has 0 radical (unpaired) electrons. The Hall–Kier alpha value is -1.69. The summed E-state index contributed by atoms with van der Waals surface area (Å²) in [6, 6.07) is 1.81. The van der Waals surface area contributed by atoms with Crippen LogP contribution in [0.2, 0.25) is 0 Å². The van der Waals surface area contributed by atoms with Crippen molar-refractivity contribution in [1.82, 2.24) is 4.90 Å². The van der Waals surface area contributed by atoms with Crippen LogP contribution in [0.15, 0.2) is 12.1 Å². The van der Waals surface area contributed by atoms with Crippen molar-refractivity contribution in [2.45, 2.75) is 13.3 Å². The molecule has 0 atom stereocenters. The first-order valence-electron chi connectivity index (χ1n) is 5.65. The summed E-state index contributed by atoms with van der Waals surface area (Å²) in [4.78, 5) is 13.3. The minimum absolute atomic E-state index is 0.110. The predicted molar refractivity (Wildman–Crippen MR) is 64.1 cm³/mol. The number of carbonyl (C=O) groups is 1. The highest BCUT2D eigenvalue weighted by molar-refractivity contribution is 5.94. The Morgan fingerprint density at radius 2 is 1.89 bits per heavy atom. The van der Waals surface area contributed by atoms with Gasteiger partial charge in [0.2, 0.25) is 0 Å². The summed E-state index contributed by atoms with van der Waals surface area (Å²) in [5.41, 5.74) is 4.42. The number of amides is 1. The van der Waals surface area contributed by atoms with E-state index in [2.05, 4.69) is 0 Å². The molecule has 0 spiro atoms. The zero-order valence-electron chi connectivity index (χ0n) is 10.1. The Morgan fingerprint density at radius 1 is 1.33 bits per heavy atom. The van der Waals surface area contributed by atoms with Crippen molar-refractivity contribution in [3.63, 3.8) is 0 Å². The Balaban J connectivity index is 3.01. The normalized spacial score (nSPS) is 10.4. The Kier molecular flexibility index (Phi) is 5.03.